The zero-order valence-corrected chi connectivity index (χ0v) is 15.0. The van der Waals surface area contributed by atoms with Crippen molar-refractivity contribution in [2.45, 2.75) is 23.1 Å². The topological polar surface area (TPSA) is 79.4 Å². The van der Waals surface area contributed by atoms with Crippen LogP contribution in [-0.4, -0.2) is 56.1 Å². The van der Waals surface area contributed by atoms with Crippen molar-refractivity contribution in [3.8, 4) is 0 Å². The van der Waals surface area contributed by atoms with E-state index < -0.39 is 9.84 Å². The van der Waals surface area contributed by atoms with Crippen LogP contribution in [0.4, 0.5) is 0 Å². The highest BCUT2D eigenvalue weighted by Crippen LogP contribution is 2.29. The third-order valence-electron chi connectivity index (χ3n) is 4.78. The predicted molar refractivity (Wildman–Crippen MR) is 93.1 cm³/mol. The first-order valence-electron chi connectivity index (χ1n) is 8.01. The highest BCUT2D eigenvalue weighted by atomic mass is 32.2. The fourth-order valence-electron chi connectivity index (χ4n) is 3.64. The number of rotatable bonds is 3. The second-order valence-corrected chi connectivity index (χ2v) is 10.1. The van der Waals surface area contributed by atoms with Gasteiger partial charge in [-0.15, -0.1) is 11.3 Å². The summed E-state index contributed by atoms with van der Waals surface area (Å²) in [4.78, 5) is 19.1. The Hall–Kier alpha value is -1.51. The number of nitrogens with one attached hydrogen (secondary N) is 1. The lowest BCUT2D eigenvalue weighted by Crippen LogP contribution is -2.47. The van der Waals surface area contributed by atoms with Gasteiger partial charge in [0.05, 0.1) is 0 Å². The van der Waals surface area contributed by atoms with Gasteiger partial charge in [-0.1, -0.05) is 0 Å². The monoisotopic (exact) mass is 365 g/mol. The van der Waals surface area contributed by atoms with Crippen LogP contribution in [0, 0.1) is 5.92 Å². The molecule has 2 aromatic heterocycles. The Morgan fingerprint density at radius 3 is 2.96 bits per heavy atom. The minimum absolute atomic E-state index is 0.172. The van der Waals surface area contributed by atoms with E-state index >= 15 is 0 Å². The molecule has 1 amide bonds. The summed E-state index contributed by atoms with van der Waals surface area (Å²) in [6.45, 7) is 3.19. The van der Waals surface area contributed by atoms with E-state index in [0.717, 1.165) is 36.1 Å². The molecule has 2 aromatic rings. The first-order chi connectivity index (χ1) is 11.4. The highest BCUT2D eigenvalue weighted by Gasteiger charge is 2.33. The van der Waals surface area contributed by atoms with Crippen molar-refractivity contribution in [2.24, 2.45) is 5.92 Å². The van der Waals surface area contributed by atoms with Crippen molar-refractivity contribution in [3.63, 3.8) is 0 Å². The number of aromatic nitrogens is 1. The summed E-state index contributed by atoms with van der Waals surface area (Å²) >= 11 is 1.18. The molecule has 2 fully saturated rings. The molecule has 4 heterocycles. The standard InChI is InChI=1S/C16H19N3O3S2/c1-24(21,22)15-5-11-7-17-13(6-14(11)23-15)16(20)18-12-4-10-2-3-19(8-10)9-12/h5-7,10,12H,2-4,8-9H2,1H3,(H,18,20)/t10-,12-/m1/s1. The number of hydrogen-bond donors (Lipinski definition) is 1. The lowest BCUT2D eigenvalue weighted by atomic mass is 9.97. The van der Waals surface area contributed by atoms with Crippen molar-refractivity contribution >= 4 is 37.2 Å². The van der Waals surface area contributed by atoms with Gasteiger partial charge in [-0.2, -0.15) is 0 Å². The summed E-state index contributed by atoms with van der Waals surface area (Å²) in [6.07, 6.45) is 5.01. The minimum Gasteiger partial charge on any atom is -0.347 e. The average Bonchev–Trinajstić information content (AvgIpc) is 3.09. The molecule has 8 heteroatoms. The molecule has 0 aliphatic carbocycles. The van der Waals surface area contributed by atoms with Crippen LogP contribution >= 0.6 is 11.3 Å². The van der Waals surface area contributed by atoms with E-state index in [1.54, 1.807) is 18.3 Å². The van der Waals surface area contributed by atoms with Gasteiger partial charge >= 0.3 is 0 Å². The molecule has 0 radical (unpaired) electrons. The van der Waals surface area contributed by atoms with Crippen LogP contribution in [0.5, 0.6) is 0 Å². The molecule has 1 N–H and O–H groups in total. The number of carbonyl (C=O) groups is 1. The van der Waals surface area contributed by atoms with Gasteiger partial charge in [0.15, 0.2) is 9.84 Å². The van der Waals surface area contributed by atoms with E-state index in [0.29, 0.717) is 15.8 Å². The van der Waals surface area contributed by atoms with Crippen molar-refractivity contribution < 1.29 is 13.2 Å². The minimum atomic E-state index is -3.24. The summed E-state index contributed by atoms with van der Waals surface area (Å²) in [6, 6.07) is 3.46. The van der Waals surface area contributed by atoms with E-state index in [1.807, 2.05) is 0 Å². The number of amides is 1. The fraction of sp³-hybridized carbons (Fsp3) is 0.500. The Balaban J connectivity index is 1.54. The summed E-state index contributed by atoms with van der Waals surface area (Å²) in [5.74, 6) is 0.507. The van der Waals surface area contributed by atoms with E-state index in [4.69, 9.17) is 0 Å². The highest BCUT2D eigenvalue weighted by molar-refractivity contribution is 7.92. The van der Waals surface area contributed by atoms with Gasteiger partial charge < -0.3 is 10.2 Å². The number of carbonyl (C=O) groups excluding carboxylic acids is 1. The summed E-state index contributed by atoms with van der Waals surface area (Å²) in [5, 5.41) is 3.83. The quantitative estimate of drug-likeness (QED) is 0.892. The molecular formula is C16H19N3O3S2. The van der Waals surface area contributed by atoms with Crippen LogP contribution in [0.1, 0.15) is 23.3 Å². The van der Waals surface area contributed by atoms with Crippen LogP contribution in [0.15, 0.2) is 22.5 Å². The van der Waals surface area contributed by atoms with Gasteiger partial charge in [0, 0.05) is 41.7 Å². The molecular weight excluding hydrogens is 346 g/mol. The Kier molecular flexibility index (Phi) is 3.85. The summed E-state index contributed by atoms with van der Waals surface area (Å²) in [5.41, 5.74) is 0.345. The maximum Gasteiger partial charge on any atom is 0.270 e. The van der Waals surface area contributed by atoms with Crippen LogP contribution in [0.25, 0.3) is 10.1 Å². The fourth-order valence-corrected chi connectivity index (χ4v) is 5.66. The molecule has 1 unspecified atom stereocenters. The van der Waals surface area contributed by atoms with Crippen molar-refractivity contribution in [1.29, 1.82) is 0 Å². The van der Waals surface area contributed by atoms with Gasteiger partial charge in [0.1, 0.15) is 9.90 Å². The van der Waals surface area contributed by atoms with Crippen LogP contribution in [-0.2, 0) is 9.84 Å². The molecule has 0 spiro atoms. The molecule has 0 saturated carbocycles. The lowest BCUT2D eigenvalue weighted by Gasteiger charge is -2.30. The second kappa shape index (κ2) is 5.79. The van der Waals surface area contributed by atoms with E-state index in [9.17, 15) is 13.2 Å². The number of piperidine rings is 1. The van der Waals surface area contributed by atoms with Crippen molar-refractivity contribution in [1.82, 2.24) is 15.2 Å². The first-order valence-corrected chi connectivity index (χ1v) is 10.7. The van der Waals surface area contributed by atoms with E-state index in [1.165, 1.54) is 24.0 Å². The molecule has 128 valence electrons. The molecule has 0 aromatic carbocycles. The number of pyridine rings is 1. The van der Waals surface area contributed by atoms with Gasteiger partial charge in [-0.3, -0.25) is 9.78 Å². The first kappa shape index (κ1) is 16.0. The number of thiophene rings is 1. The third-order valence-corrected chi connectivity index (χ3v) is 7.68. The Labute approximate surface area is 144 Å². The van der Waals surface area contributed by atoms with Gasteiger partial charge in [-0.05, 0) is 37.4 Å². The molecule has 2 bridgehead atoms. The van der Waals surface area contributed by atoms with Crippen molar-refractivity contribution in [2.75, 3.05) is 25.9 Å². The Morgan fingerprint density at radius 2 is 2.21 bits per heavy atom. The maximum absolute atomic E-state index is 12.5. The largest absolute Gasteiger partial charge is 0.347 e. The third kappa shape index (κ3) is 3.05. The molecule has 2 saturated heterocycles. The van der Waals surface area contributed by atoms with Crippen LogP contribution in [0.2, 0.25) is 0 Å². The van der Waals surface area contributed by atoms with Gasteiger partial charge in [0.2, 0.25) is 0 Å². The number of fused-ring (bicyclic) bond motifs is 3. The Morgan fingerprint density at radius 1 is 1.38 bits per heavy atom. The predicted octanol–water partition coefficient (Wildman–Crippen LogP) is 1.52. The molecule has 2 aliphatic heterocycles. The van der Waals surface area contributed by atoms with Gasteiger partial charge in [-0.25, -0.2) is 8.42 Å². The molecule has 24 heavy (non-hydrogen) atoms. The van der Waals surface area contributed by atoms with Crippen LogP contribution < -0.4 is 5.32 Å². The van der Waals surface area contributed by atoms with E-state index in [-0.39, 0.29) is 11.9 Å². The lowest BCUT2D eigenvalue weighted by molar-refractivity contribution is 0.0904. The average molecular weight is 365 g/mol. The summed E-state index contributed by atoms with van der Waals surface area (Å²) < 4.78 is 24.4. The Bertz CT molecular complexity index is 894. The number of sulfone groups is 1. The summed E-state index contributed by atoms with van der Waals surface area (Å²) in [7, 11) is -3.24. The zero-order chi connectivity index (χ0) is 16.9. The van der Waals surface area contributed by atoms with Crippen LogP contribution in [0.3, 0.4) is 0 Å². The SMILES string of the molecule is CS(=O)(=O)c1cc2cnc(C(=O)N[C@@H]3C[C@H]4CCN(C4)C3)cc2s1. The van der Waals surface area contributed by atoms with Crippen molar-refractivity contribution in [3.05, 3.63) is 24.0 Å². The molecule has 2 aliphatic rings. The number of hydrogen-bond acceptors (Lipinski definition) is 6. The molecule has 3 atom stereocenters. The number of nitrogens with zero attached hydrogens (tertiary/aromatic N) is 2. The maximum atomic E-state index is 12.5. The molecule has 6 nitrogen and oxygen atoms in total. The van der Waals surface area contributed by atoms with E-state index in [2.05, 4.69) is 15.2 Å². The normalized spacial score (nSPS) is 26.6. The smallest absolute Gasteiger partial charge is 0.270 e. The van der Waals surface area contributed by atoms with Gasteiger partial charge in [0.25, 0.3) is 5.91 Å². The second-order valence-electron chi connectivity index (χ2n) is 6.77. The molecule has 4 rings (SSSR count). The zero-order valence-electron chi connectivity index (χ0n) is 13.4.